The van der Waals surface area contributed by atoms with Gasteiger partial charge in [0.15, 0.2) is 0 Å². The number of nitrogens with zero attached hydrogens (tertiary/aromatic N) is 3. The lowest BCUT2D eigenvalue weighted by molar-refractivity contribution is -0.151. The number of H-pyrrole nitrogens is 1. The third-order valence-corrected chi connectivity index (χ3v) is 10.0. The van der Waals surface area contributed by atoms with Gasteiger partial charge in [-0.25, -0.2) is 18.7 Å². The minimum Gasteiger partial charge on any atom is -0.466 e. The van der Waals surface area contributed by atoms with Crippen molar-refractivity contribution in [2.45, 2.75) is 70.6 Å². The lowest BCUT2D eigenvalue weighted by Gasteiger charge is -2.32. The van der Waals surface area contributed by atoms with Gasteiger partial charge in [-0.1, -0.05) is 37.8 Å². The Labute approximate surface area is 262 Å². The number of para-hydroxylation sites is 1. The fourth-order valence-corrected chi connectivity index (χ4v) is 6.50. The molecule has 1 saturated heterocycles. The van der Waals surface area contributed by atoms with E-state index < -0.39 is 32.1 Å². The Bertz CT molecular complexity index is 1760. The number of esters is 1. The summed E-state index contributed by atoms with van der Waals surface area (Å²) in [5.41, 5.74) is 2.97. The first-order chi connectivity index (χ1) is 21.4. The number of amides is 1. The molecule has 45 heavy (non-hydrogen) atoms. The maximum absolute atomic E-state index is 14.1. The summed E-state index contributed by atoms with van der Waals surface area (Å²) in [4.78, 5) is 42.8. The van der Waals surface area contributed by atoms with Crippen LogP contribution >= 0.6 is 0 Å². The number of carbonyl (C=O) groups excluding carboxylic acids is 2. The molecule has 1 fully saturated rings. The zero-order valence-electron chi connectivity index (χ0n) is 26.5. The first-order valence-electron chi connectivity index (χ1n) is 15.3. The van der Waals surface area contributed by atoms with Crippen LogP contribution in [0.15, 0.2) is 47.4 Å². The number of carbonyl (C=O) groups is 2. The van der Waals surface area contributed by atoms with Gasteiger partial charge in [-0.3, -0.25) is 4.79 Å². The zero-order chi connectivity index (χ0) is 32.3. The number of fused-ring (bicyclic) bond motifs is 2. The summed E-state index contributed by atoms with van der Waals surface area (Å²) >= 11 is 0. The number of pyridine rings is 1. The van der Waals surface area contributed by atoms with Gasteiger partial charge in [-0.2, -0.15) is 5.10 Å². The fourth-order valence-electron chi connectivity index (χ4n) is 5.74. The Morgan fingerprint density at radius 3 is 2.62 bits per heavy atom. The summed E-state index contributed by atoms with van der Waals surface area (Å²) in [7, 11) is 0.0850. The van der Waals surface area contributed by atoms with Crippen molar-refractivity contribution in [3.63, 3.8) is 0 Å². The highest BCUT2D eigenvalue weighted by Gasteiger charge is 2.31. The van der Waals surface area contributed by atoms with Crippen LogP contribution in [0.25, 0.3) is 21.8 Å². The molecule has 0 unspecified atom stereocenters. The van der Waals surface area contributed by atoms with Crippen LogP contribution in [-0.2, 0) is 32.2 Å². The molecule has 0 radical (unpaired) electrons. The Morgan fingerprint density at radius 1 is 1.16 bits per heavy atom. The van der Waals surface area contributed by atoms with Crippen LogP contribution in [-0.4, -0.2) is 72.7 Å². The predicted octanol–water partition coefficient (Wildman–Crippen LogP) is 5.74. The van der Waals surface area contributed by atoms with Gasteiger partial charge in [0.2, 0.25) is 6.10 Å². The number of methoxy groups -OCH3 is 1. The molecule has 1 aliphatic heterocycles. The zero-order valence-corrected chi connectivity index (χ0v) is 27.5. The maximum atomic E-state index is 14.1. The molecule has 2 aromatic carbocycles. The Hall–Kier alpha value is -4.03. The molecule has 4 aromatic rings. The van der Waals surface area contributed by atoms with Crippen LogP contribution in [0.1, 0.15) is 35.4 Å². The molecule has 0 aliphatic carbocycles. The molecule has 240 valence electrons. The summed E-state index contributed by atoms with van der Waals surface area (Å²) in [6.07, 6.45) is 1.39. The van der Waals surface area contributed by atoms with E-state index >= 15 is 0 Å². The maximum Gasteiger partial charge on any atom is 0.410 e. The van der Waals surface area contributed by atoms with E-state index in [1.165, 1.54) is 13.2 Å². The van der Waals surface area contributed by atoms with Crippen LogP contribution in [0.3, 0.4) is 0 Å². The van der Waals surface area contributed by atoms with Crippen LogP contribution in [0.4, 0.5) is 9.18 Å². The second-order valence-corrected chi connectivity index (χ2v) is 18.6. The van der Waals surface area contributed by atoms with Crippen molar-refractivity contribution in [1.29, 1.82) is 0 Å². The van der Waals surface area contributed by atoms with Gasteiger partial charge in [0.05, 0.1) is 18.1 Å². The van der Waals surface area contributed by atoms with Crippen LogP contribution in [0.2, 0.25) is 25.7 Å². The van der Waals surface area contributed by atoms with E-state index in [-0.39, 0.29) is 23.4 Å². The van der Waals surface area contributed by atoms with Crippen molar-refractivity contribution in [1.82, 2.24) is 19.7 Å². The lowest BCUT2D eigenvalue weighted by Crippen LogP contribution is -2.42. The Morgan fingerprint density at radius 2 is 1.91 bits per heavy atom. The fraction of sp³-hybridized carbons (Fsp3) is 0.455. The van der Waals surface area contributed by atoms with Crippen molar-refractivity contribution in [2.24, 2.45) is 0 Å². The molecular weight excluding hydrogens is 595 g/mol. The first-order valence-corrected chi connectivity index (χ1v) is 19.0. The Kier molecular flexibility index (Phi) is 9.73. The summed E-state index contributed by atoms with van der Waals surface area (Å²) in [6.45, 7) is 10.7. The number of aromatic amines is 1. The number of aryl methyl sites for hydroxylation is 1. The summed E-state index contributed by atoms with van der Waals surface area (Å²) in [6, 6.07) is 11.3. The van der Waals surface area contributed by atoms with Gasteiger partial charge in [0.25, 0.3) is 5.56 Å². The topological polar surface area (TPSA) is 116 Å². The molecule has 2 aromatic heterocycles. The number of benzene rings is 2. The highest BCUT2D eigenvalue weighted by atomic mass is 28.3. The van der Waals surface area contributed by atoms with Gasteiger partial charge in [-0.15, -0.1) is 0 Å². The second kappa shape index (κ2) is 13.5. The number of aromatic nitrogens is 3. The van der Waals surface area contributed by atoms with E-state index in [9.17, 15) is 18.8 Å². The molecule has 0 spiro atoms. The third kappa shape index (κ3) is 7.80. The highest BCUT2D eigenvalue weighted by molar-refractivity contribution is 6.76. The smallest absolute Gasteiger partial charge is 0.410 e. The molecule has 1 amide bonds. The monoisotopic (exact) mass is 636 g/mol. The average Bonchev–Trinajstić information content (AvgIpc) is 3.42. The average molecular weight is 637 g/mol. The third-order valence-electron chi connectivity index (χ3n) is 8.34. The van der Waals surface area contributed by atoms with Crippen molar-refractivity contribution < 1.29 is 28.2 Å². The normalized spacial score (nSPS) is 15.0. The lowest BCUT2D eigenvalue weighted by atomic mass is 9.89. The summed E-state index contributed by atoms with van der Waals surface area (Å²) < 4.78 is 32.4. The van der Waals surface area contributed by atoms with Crippen LogP contribution in [0.5, 0.6) is 0 Å². The van der Waals surface area contributed by atoms with Crippen molar-refractivity contribution in [3.8, 4) is 0 Å². The van der Waals surface area contributed by atoms with Crippen molar-refractivity contribution in [3.05, 3.63) is 75.5 Å². The second-order valence-electron chi connectivity index (χ2n) is 13.0. The molecule has 0 saturated carbocycles. The van der Waals surface area contributed by atoms with Crippen LogP contribution < -0.4 is 5.56 Å². The highest BCUT2D eigenvalue weighted by Crippen LogP contribution is 2.29. The van der Waals surface area contributed by atoms with Gasteiger partial charge >= 0.3 is 12.1 Å². The van der Waals surface area contributed by atoms with Crippen molar-refractivity contribution in [2.75, 3.05) is 26.8 Å². The van der Waals surface area contributed by atoms with E-state index in [1.54, 1.807) is 27.8 Å². The van der Waals surface area contributed by atoms with Gasteiger partial charge < -0.3 is 24.1 Å². The largest absolute Gasteiger partial charge is 0.466 e. The predicted molar refractivity (Wildman–Crippen MR) is 173 cm³/mol. The number of likely N-dealkylation sites (tertiary alicyclic amines) is 1. The van der Waals surface area contributed by atoms with E-state index in [4.69, 9.17) is 14.2 Å². The van der Waals surface area contributed by atoms with Crippen LogP contribution in [0, 0.1) is 12.7 Å². The molecule has 0 bridgehead atoms. The number of hydrogen-bond acceptors (Lipinski definition) is 7. The molecule has 1 atom stereocenters. The molecule has 3 heterocycles. The minimum atomic E-state index is -1.18. The molecule has 5 rings (SSSR count). The van der Waals surface area contributed by atoms with E-state index in [2.05, 4.69) is 29.7 Å². The van der Waals surface area contributed by atoms with Gasteiger partial charge in [-0.05, 0) is 61.1 Å². The quantitative estimate of drug-likeness (QED) is 0.134. The van der Waals surface area contributed by atoms with E-state index in [0.717, 1.165) is 28.1 Å². The first kappa shape index (κ1) is 32.4. The molecule has 10 nitrogen and oxygen atoms in total. The number of piperidine rings is 1. The molecular formula is C33H41FN4O6Si. The van der Waals surface area contributed by atoms with E-state index in [1.807, 2.05) is 25.3 Å². The summed E-state index contributed by atoms with van der Waals surface area (Å²) in [5, 5.41) is 6.27. The number of ether oxygens (including phenoxy) is 3. The SMILES string of the molecule is COC(=O)[C@@H](Cc1cc(C)c2cn(COCC[Si](C)(C)C)nc2c1)OC(=O)N1CCC(c2cc3cccc(F)c3[nH]c2=O)CC1. The molecule has 1 N–H and O–H groups in total. The van der Waals surface area contributed by atoms with E-state index in [0.29, 0.717) is 50.2 Å². The Balaban J connectivity index is 1.22. The molecule has 1 aliphatic rings. The summed E-state index contributed by atoms with van der Waals surface area (Å²) in [5.74, 6) is -1.22. The van der Waals surface area contributed by atoms with Gasteiger partial charge in [0, 0.05) is 56.7 Å². The number of nitrogens with one attached hydrogen (secondary N) is 1. The van der Waals surface area contributed by atoms with Gasteiger partial charge in [0.1, 0.15) is 12.5 Å². The number of hydrogen-bond donors (Lipinski definition) is 1. The molecule has 12 heteroatoms. The standard InChI is InChI=1S/C33H41FN4O6Si/c1-21-15-22(16-28-26(21)19-38(36-28)20-43-13-14-45(3,4)5)17-29(32(40)42-2)44-33(41)37-11-9-23(10-12-37)25-18-24-7-6-8-27(34)30(24)35-31(25)39/h6-8,15-16,18-19,23,29H,9-14,17,20H2,1-5H3,(H,35,39)/t29-/m1/s1. The number of halogens is 1. The minimum absolute atomic E-state index is 0.0953. The van der Waals surface area contributed by atoms with Crippen molar-refractivity contribution >= 4 is 41.9 Å². The number of rotatable bonds is 10.